The zero-order valence-electron chi connectivity index (χ0n) is 23.0. The summed E-state index contributed by atoms with van der Waals surface area (Å²) in [7, 11) is 3.51. The first kappa shape index (κ1) is 27.9. The molecule has 1 aliphatic carbocycles. The summed E-state index contributed by atoms with van der Waals surface area (Å²) in [6.07, 6.45) is 6.00. The summed E-state index contributed by atoms with van der Waals surface area (Å²) < 4.78 is 1.79. The fourth-order valence-electron chi connectivity index (χ4n) is 5.11. The number of nitrogens with one attached hydrogen (secondary N) is 1. The average molecular weight is 501 g/mol. The van der Waals surface area contributed by atoms with Gasteiger partial charge in [0.1, 0.15) is 0 Å². The smallest absolute Gasteiger partial charge is 0.274 e. The van der Waals surface area contributed by atoms with Crippen molar-refractivity contribution >= 4 is 17.7 Å². The van der Waals surface area contributed by atoms with E-state index in [0.29, 0.717) is 44.2 Å². The van der Waals surface area contributed by atoms with Crippen LogP contribution in [0, 0.1) is 5.92 Å². The van der Waals surface area contributed by atoms with Crippen LogP contribution in [0.25, 0.3) is 0 Å². The van der Waals surface area contributed by atoms with Gasteiger partial charge in [-0.3, -0.25) is 24.0 Å². The summed E-state index contributed by atoms with van der Waals surface area (Å²) in [4.78, 5) is 45.3. The molecule has 9 nitrogen and oxygen atoms in total. The molecule has 200 valence electrons. The average Bonchev–Trinajstić information content (AvgIpc) is 3.16. The van der Waals surface area contributed by atoms with Crippen LogP contribution in [0.2, 0.25) is 0 Å². The molecule has 0 saturated carbocycles. The van der Waals surface area contributed by atoms with Crippen molar-refractivity contribution in [2.45, 2.75) is 65.8 Å². The minimum atomic E-state index is -0.247. The third-order valence-electron chi connectivity index (χ3n) is 7.37. The molecule has 1 aliphatic heterocycles. The van der Waals surface area contributed by atoms with Crippen LogP contribution >= 0.6 is 0 Å². The molecule has 1 atom stereocenters. The molecule has 3 amide bonds. The van der Waals surface area contributed by atoms with Gasteiger partial charge in [-0.05, 0) is 51.9 Å². The van der Waals surface area contributed by atoms with E-state index >= 15 is 0 Å². The molecular formula is C27H44N6O3. The van der Waals surface area contributed by atoms with Crippen LogP contribution in [-0.2, 0) is 29.5 Å². The normalized spacial score (nSPS) is 21.4. The van der Waals surface area contributed by atoms with Gasteiger partial charge in [0, 0.05) is 57.6 Å². The van der Waals surface area contributed by atoms with Gasteiger partial charge in [-0.1, -0.05) is 25.5 Å². The van der Waals surface area contributed by atoms with Gasteiger partial charge in [0.25, 0.3) is 5.91 Å². The number of hydrogen-bond donors (Lipinski definition) is 1. The minimum absolute atomic E-state index is 0.00595. The van der Waals surface area contributed by atoms with Crippen LogP contribution < -0.4 is 5.32 Å². The first-order valence-electron chi connectivity index (χ1n) is 13.3. The predicted molar refractivity (Wildman–Crippen MR) is 141 cm³/mol. The molecule has 2 aliphatic rings. The molecule has 1 aromatic heterocycles. The molecule has 9 heteroatoms. The fourth-order valence-corrected chi connectivity index (χ4v) is 5.11. The van der Waals surface area contributed by atoms with Crippen molar-refractivity contribution < 1.29 is 14.4 Å². The number of hydrogen-bond acceptors (Lipinski definition) is 5. The summed E-state index contributed by atoms with van der Waals surface area (Å²) in [5, 5.41) is 7.48. The fraction of sp³-hybridized carbons (Fsp3) is 0.704. The highest BCUT2D eigenvalue weighted by Gasteiger charge is 2.34. The number of carbonyl (C=O) groups is 3. The SMILES string of the molecule is CC=C(C)CN1CCCNC(=O)CN(C)C(=O)c2nn(C)c3c2CC(CC3)N(CCC(C)C)C(=O)C1. The van der Waals surface area contributed by atoms with Crippen molar-refractivity contribution in [3.8, 4) is 0 Å². The number of carbonyl (C=O) groups excluding carboxylic acids is 3. The molecule has 0 aromatic carbocycles. The van der Waals surface area contributed by atoms with Crippen molar-refractivity contribution in [1.82, 2.24) is 29.8 Å². The molecule has 0 spiro atoms. The summed E-state index contributed by atoms with van der Waals surface area (Å²) in [5.74, 6) is 0.194. The first-order chi connectivity index (χ1) is 17.1. The number of likely N-dealkylation sites (N-methyl/N-ethyl adjacent to an activating group) is 1. The second-order valence-corrected chi connectivity index (χ2v) is 10.8. The van der Waals surface area contributed by atoms with E-state index in [1.54, 1.807) is 11.7 Å². The van der Waals surface area contributed by atoms with Gasteiger partial charge in [0.2, 0.25) is 11.8 Å². The van der Waals surface area contributed by atoms with Gasteiger partial charge in [0.15, 0.2) is 5.69 Å². The number of amides is 3. The highest BCUT2D eigenvalue weighted by Crippen LogP contribution is 2.28. The number of fused-ring (bicyclic) bond motifs is 1. The van der Waals surface area contributed by atoms with Crippen LogP contribution in [0.15, 0.2) is 11.6 Å². The largest absolute Gasteiger partial charge is 0.355 e. The number of allylic oxidation sites excluding steroid dienone is 1. The van der Waals surface area contributed by atoms with Crippen LogP contribution in [0.5, 0.6) is 0 Å². The zero-order valence-corrected chi connectivity index (χ0v) is 23.0. The van der Waals surface area contributed by atoms with Crippen molar-refractivity contribution in [2.75, 3.05) is 46.3 Å². The summed E-state index contributed by atoms with van der Waals surface area (Å²) in [5.41, 5.74) is 3.59. The molecule has 2 heterocycles. The van der Waals surface area contributed by atoms with Crippen LogP contribution in [-0.4, -0.2) is 94.6 Å². The van der Waals surface area contributed by atoms with Gasteiger partial charge in [-0.2, -0.15) is 5.10 Å². The molecule has 1 N–H and O–H groups in total. The number of rotatable bonds is 5. The Morgan fingerprint density at radius 2 is 1.94 bits per heavy atom. The van der Waals surface area contributed by atoms with Crippen LogP contribution in [0.1, 0.15) is 68.7 Å². The Hall–Kier alpha value is -2.68. The molecule has 1 aromatic rings. The predicted octanol–water partition coefficient (Wildman–Crippen LogP) is 2.01. The standard InChI is InChI=1S/C27H44N6O3/c1-7-20(4)16-32-13-8-12-28-24(34)17-30(5)27(36)26-22-15-21(9-10-23(22)31(6)29-26)33(25(35)18-32)14-11-19(2)3/h7,19,21H,8-18H2,1-6H3,(H,28,34). The molecule has 1 unspecified atom stereocenters. The van der Waals surface area contributed by atoms with Crippen molar-refractivity contribution in [3.63, 3.8) is 0 Å². The maximum absolute atomic E-state index is 13.8. The molecule has 0 radical (unpaired) electrons. The Labute approximate surface area is 215 Å². The maximum Gasteiger partial charge on any atom is 0.274 e. The molecular weight excluding hydrogens is 456 g/mol. The van der Waals surface area contributed by atoms with E-state index in [2.05, 4.69) is 47.1 Å². The molecule has 36 heavy (non-hydrogen) atoms. The summed E-state index contributed by atoms with van der Waals surface area (Å²) in [6.45, 7) is 11.5. The van der Waals surface area contributed by atoms with Gasteiger partial charge in [-0.15, -0.1) is 0 Å². The second-order valence-electron chi connectivity index (χ2n) is 10.8. The molecule has 2 bridgehead atoms. The maximum atomic E-state index is 13.8. The zero-order chi connectivity index (χ0) is 26.4. The van der Waals surface area contributed by atoms with Crippen molar-refractivity contribution in [1.29, 1.82) is 0 Å². The Balaban J connectivity index is 1.96. The van der Waals surface area contributed by atoms with Gasteiger partial charge in [0.05, 0.1) is 13.1 Å². The number of nitrogens with zero attached hydrogens (tertiary/aromatic N) is 5. The van der Waals surface area contributed by atoms with Gasteiger partial charge in [-0.25, -0.2) is 0 Å². The van der Waals surface area contributed by atoms with Crippen molar-refractivity contribution in [2.24, 2.45) is 13.0 Å². The summed E-state index contributed by atoms with van der Waals surface area (Å²) >= 11 is 0. The molecule has 0 saturated heterocycles. The van der Waals surface area contributed by atoms with E-state index in [0.717, 1.165) is 43.5 Å². The van der Waals surface area contributed by atoms with E-state index in [1.807, 2.05) is 14.0 Å². The van der Waals surface area contributed by atoms with E-state index in [-0.39, 0.29) is 30.3 Å². The third-order valence-corrected chi connectivity index (χ3v) is 7.37. The van der Waals surface area contributed by atoms with E-state index in [1.165, 1.54) is 10.5 Å². The van der Waals surface area contributed by atoms with Crippen LogP contribution in [0.3, 0.4) is 0 Å². The Kier molecular flexibility index (Phi) is 9.70. The summed E-state index contributed by atoms with van der Waals surface area (Å²) in [6, 6.07) is 0.0330. The number of aryl methyl sites for hydroxylation is 1. The Morgan fingerprint density at radius 3 is 2.64 bits per heavy atom. The van der Waals surface area contributed by atoms with E-state index in [9.17, 15) is 14.4 Å². The topological polar surface area (TPSA) is 90.8 Å². The minimum Gasteiger partial charge on any atom is -0.355 e. The van der Waals surface area contributed by atoms with E-state index in [4.69, 9.17) is 0 Å². The van der Waals surface area contributed by atoms with E-state index < -0.39 is 0 Å². The first-order valence-corrected chi connectivity index (χ1v) is 13.3. The van der Waals surface area contributed by atoms with Crippen molar-refractivity contribution in [3.05, 3.63) is 28.6 Å². The van der Waals surface area contributed by atoms with Crippen LogP contribution in [0.4, 0.5) is 0 Å². The lowest BCUT2D eigenvalue weighted by atomic mass is 9.89. The Bertz CT molecular complexity index is 982. The highest BCUT2D eigenvalue weighted by molar-refractivity contribution is 5.96. The lowest BCUT2D eigenvalue weighted by Gasteiger charge is -2.37. The second kappa shape index (κ2) is 12.5. The molecule has 3 rings (SSSR count). The lowest BCUT2D eigenvalue weighted by molar-refractivity contribution is -0.135. The number of aromatic nitrogens is 2. The highest BCUT2D eigenvalue weighted by atomic mass is 16.2. The monoisotopic (exact) mass is 500 g/mol. The Morgan fingerprint density at radius 1 is 1.19 bits per heavy atom. The van der Waals surface area contributed by atoms with Gasteiger partial charge < -0.3 is 15.1 Å². The third kappa shape index (κ3) is 6.96. The quantitative estimate of drug-likeness (QED) is 0.625. The molecule has 0 fully saturated rings. The lowest BCUT2D eigenvalue weighted by Crippen LogP contribution is -2.49. The van der Waals surface area contributed by atoms with Gasteiger partial charge >= 0.3 is 0 Å².